The molecular formula is C14H33IN4O2S. The SMILES string of the molecule is CCNC(=NCCN(C)C(C)C)NC(C)CCS(C)(=O)=O.I. The number of hydrogen-bond donors (Lipinski definition) is 2. The maximum Gasteiger partial charge on any atom is 0.191 e. The second-order valence-electron chi connectivity index (χ2n) is 5.80. The van der Waals surface area contributed by atoms with E-state index in [1.807, 2.05) is 13.8 Å². The fourth-order valence-corrected chi connectivity index (χ4v) is 2.38. The lowest BCUT2D eigenvalue weighted by atomic mass is 10.3. The zero-order valence-electron chi connectivity index (χ0n) is 14.7. The summed E-state index contributed by atoms with van der Waals surface area (Å²) in [5.41, 5.74) is 0. The standard InChI is InChI=1S/C14H32N4O2S.HI/c1-7-15-14(16-9-10-18(5)12(2)3)17-13(4)8-11-21(6,19)20;/h12-13H,7-11H2,1-6H3,(H2,15,16,17);1H. The van der Waals surface area contributed by atoms with Crippen molar-refractivity contribution >= 4 is 39.8 Å². The molecule has 0 saturated carbocycles. The summed E-state index contributed by atoms with van der Waals surface area (Å²) in [5.74, 6) is 0.937. The van der Waals surface area contributed by atoms with Crippen LogP contribution in [0, 0.1) is 0 Å². The predicted molar refractivity (Wildman–Crippen MR) is 106 cm³/mol. The summed E-state index contributed by atoms with van der Waals surface area (Å²) in [7, 11) is -0.833. The normalized spacial score (nSPS) is 13.9. The van der Waals surface area contributed by atoms with E-state index < -0.39 is 9.84 Å². The Morgan fingerprint density at radius 1 is 1.27 bits per heavy atom. The largest absolute Gasteiger partial charge is 0.357 e. The van der Waals surface area contributed by atoms with Gasteiger partial charge in [0.15, 0.2) is 5.96 Å². The van der Waals surface area contributed by atoms with Gasteiger partial charge in [0.05, 0.1) is 12.3 Å². The third-order valence-electron chi connectivity index (χ3n) is 3.25. The van der Waals surface area contributed by atoms with Gasteiger partial charge in [0.2, 0.25) is 0 Å². The molecule has 0 aromatic heterocycles. The molecule has 22 heavy (non-hydrogen) atoms. The average molecular weight is 448 g/mol. The topological polar surface area (TPSA) is 73.8 Å². The molecule has 0 aliphatic heterocycles. The van der Waals surface area contributed by atoms with Crippen molar-refractivity contribution in [2.45, 2.75) is 46.2 Å². The highest BCUT2D eigenvalue weighted by Crippen LogP contribution is 1.96. The molecular weight excluding hydrogens is 415 g/mol. The van der Waals surface area contributed by atoms with Gasteiger partial charge in [-0.05, 0) is 41.2 Å². The van der Waals surface area contributed by atoms with Crippen molar-refractivity contribution in [3.05, 3.63) is 0 Å². The molecule has 0 heterocycles. The third-order valence-corrected chi connectivity index (χ3v) is 4.23. The lowest BCUT2D eigenvalue weighted by Gasteiger charge is -2.21. The maximum atomic E-state index is 11.2. The van der Waals surface area contributed by atoms with Crippen LogP contribution in [0.3, 0.4) is 0 Å². The van der Waals surface area contributed by atoms with Gasteiger partial charge in [0.1, 0.15) is 9.84 Å². The van der Waals surface area contributed by atoms with Gasteiger partial charge in [-0.1, -0.05) is 0 Å². The van der Waals surface area contributed by atoms with Crippen LogP contribution in [0.5, 0.6) is 0 Å². The number of rotatable bonds is 9. The van der Waals surface area contributed by atoms with Crippen molar-refractivity contribution in [3.63, 3.8) is 0 Å². The molecule has 0 amide bonds. The Bertz CT molecular complexity index is 413. The number of nitrogens with one attached hydrogen (secondary N) is 2. The van der Waals surface area contributed by atoms with Crippen molar-refractivity contribution in [2.24, 2.45) is 4.99 Å². The molecule has 0 aromatic carbocycles. The van der Waals surface area contributed by atoms with E-state index in [4.69, 9.17) is 0 Å². The van der Waals surface area contributed by atoms with E-state index >= 15 is 0 Å². The van der Waals surface area contributed by atoms with E-state index in [0.29, 0.717) is 19.0 Å². The smallest absolute Gasteiger partial charge is 0.191 e. The molecule has 1 atom stereocenters. The van der Waals surface area contributed by atoms with E-state index in [9.17, 15) is 8.42 Å². The lowest BCUT2D eigenvalue weighted by molar-refractivity contribution is 0.282. The molecule has 0 spiro atoms. The Balaban J connectivity index is 0. The highest BCUT2D eigenvalue weighted by Gasteiger charge is 2.09. The highest BCUT2D eigenvalue weighted by atomic mass is 127. The maximum absolute atomic E-state index is 11.2. The summed E-state index contributed by atoms with van der Waals surface area (Å²) in [5, 5.41) is 6.43. The summed E-state index contributed by atoms with van der Waals surface area (Å²) >= 11 is 0. The van der Waals surface area contributed by atoms with Crippen molar-refractivity contribution in [2.75, 3.05) is 38.7 Å². The number of hydrogen-bond acceptors (Lipinski definition) is 4. The lowest BCUT2D eigenvalue weighted by Crippen LogP contribution is -2.43. The van der Waals surface area contributed by atoms with Crippen LogP contribution < -0.4 is 10.6 Å². The molecule has 8 heteroatoms. The first-order chi connectivity index (χ1) is 9.65. The van der Waals surface area contributed by atoms with Crippen LogP contribution >= 0.6 is 24.0 Å². The zero-order valence-corrected chi connectivity index (χ0v) is 17.9. The van der Waals surface area contributed by atoms with Gasteiger partial charge >= 0.3 is 0 Å². The van der Waals surface area contributed by atoms with Crippen LogP contribution in [-0.2, 0) is 9.84 Å². The third kappa shape index (κ3) is 13.6. The fraction of sp³-hybridized carbons (Fsp3) is 0.929. The molecule has 134 valence electrons. The quantitative estimate of drug-likeness (QED) is 0.316. The number of sulfone groups is 1. The first kappa shape index (κ1) is 24.2. The van der Waals surface area contributed by atoms with Crippen LogP contribution in [0.15, 0.2) is 4.99 Å². The van der Waals surface area contributed by atoms with Gasteiger partial charge in [0, 0.05) is 31.4 Å². The van der Waals surface area contributed by atoms with Crippen molar-refractivity contribution in [1.29, 1.82) is 0 Å². The van der Waals surface area contributed by atoms with Crippen LogP contribution in [0.25, 0.3) is 0 Å². The Hall–Kier alpha value is -0.0900. The molecule has 0 saturated heterocycles. The van der Waals surface area contributed by atoms with E-state index in [0.717, 1.165) is 19.0 Å². The van der Waals surface area contributed by atoms with E-state index in [-0.39, 0.29) is 35.8 Å². The number of likely N-dealkylation sites (N-methyl/N-ethyl adjacent to an activating group) is 1. The van der Waals surface area contributed by atoms with Crippen LogP contribution in [-0.4, -0.2) is 70.1 Å². The van der Waals surface area contributed by atoms with Crippen molar-refractivity contribution in [3.8, 4) is 0 Å². The van der Waals surface area contributed by atoms with Crippen molar-refractivity contribution < 1.29 is 8.42 Å². The molecule has 0 aromatic rings. The number of halogens is 1. The number of aliphatic imine (C=N–C) groups is 1. The molecule has 0 radical (unpaired) electrons. The van der Waals surface area contributed by atoms with Gasteiger partial charge in [-0.2, -0.15) is 0 Å². The average Bonchev–Trinajstić information content (AvgIpc) is 2.35. The summed E-state index contributed by atoms with van der Waals surface area (Å²) < 4.78 is 22.4. The second kappa shape index (κ2) is 12.3. The van der Waals surface area contributed by atoms with Crippen LogP contribution in [0.4, 0.5) is 0 Å². The fourth-order valence-electron chi connectivity index (χ4n) is 1.59. The molecule has 1 unspecified atom stereocenters. The molecule has 6 nitrogen and oxygen atoms in total. The van der Waals surface area contributed by atoms with Gasteiger partial charge in [0.25, 0.3) is 0 Å². The minimum atomic E-state index is -2.91. The predicted octanol–water partition coefficient (Wildman–Crippen LogP) is 1.32. The van der Waals surface area contributed by atoms with Gasteiger partial charge in [-0.3, -0.25) is 4.99 Å². The Labute approximate surface area is 153 Å². The molecule has 2 N–H and O–H groups in total. The summed E-state index contributed by atoms with van der Waals surface area (Å²) in [6, 6.07) is 0.574. The van der Waals surface area contributed by atoms with Gasteiger partial charge in [-0.25, -0.2) is 8.42 Å². The molecule has 0 fully saturated rings. The van der Waals surface area contributed by atoms with E-state index in [1.54, 1.807) is 0 Å². The second-order valence-corrected chi connectivity index (χ2v) is 8.06. The van der Waals surface area contributed by atoms with Gasteiger partial charge < -0.3 is 15.5 Å². The molecule has 0 aliphatic rings. The van der Waals surface area contributed by atoms with Crippen molar-refractivity contribution in [1.82, 2.24) is 15.5 Å². The van der Waals surface area contributed by atoms with Gasteiger partial charge in [-0.15, -0.1) is 24.0 Å². The molecule has 0 bridgehead atoms. The van der Waals surface area contributed by atoms with Crippen LogP contribution in [0.1, 0.15) is 34.1 Å². The molecule has 0 rings (SSSR count). The monoisotopic (exact) mass is 448 g/mol. The van der Waals surface area contributed by atoms with E-state index in [2.05, 4.69) is 41.4 Å². The zero-order chi connectivity index (χ0) is 16.5. The first-order valence-electron chi connectivity index (χ1n) is 7.58. The van der Waals surface area contributed by atoms with E-state index in [1.165, 1.54) is 6.26 Å². The minimum absolute atomic E-state index is 0. The van der Waals surface area contributed by atoms with Crippen LogP contribution in [0.2, 0.25) is 0 Å². The highest BCUT2D eigenvalue weighted by molar-refractivity contribution is 14.0. The summed E-state index contributed by atoms with van der Waals surface area (Å²) in [6.07, 6.45) is 1.84. The Morgan fingerprint density at radius 3 is 2.32 bits per heavy atom. The Morgan fingerprint density at radius 2 is 1.86 bits per heavy atom. The molecule has 0 aliphatic carbocycles. The summed E-state index contributed by atoms with van der Waals surface area (Å²) in [4.78, 5) is 6.76. The number of guanidine groups is 1. The Kier molecular flexibility index (Phi) is 13.6. The minimum Gasteiger partial charge on any atom is -0.357 e. The summed E-state index contributed by atoms with van der Waals surface area (Å²) in [6.45, 7) is 10.7. The number of nitrogens with zero attached hydrogens (tertiary/aromatic N) is 2. The first-order valence-corrected chi connectivity index (χ1v) is 9.64.